The zero-order valence-corrected chi connectivity index (χ0v) is 12.8. The normalized spacial score (nSPS) is 10.3. The Bertz CT molecular complexity index is 695. The highest BCUT2D eigenvalue weighted by molar-refractivity contribution is 6.33. The molecule has 6 heteroatoms. The molecule has 0 aliphatic rings. The number of aromatic nitrogens is 2. The molecule has 0 atom stereocenters. The Kier molecular flexibility index (Phi) is 4.61. The predicted octanol–water partition coefficient (Wildman–Crippen LogP) is 3.84. The van der Waals surface area contributed by atoms with E-state index < -0.39 is 0 Å². The minimum Gasteiger partial charge on any atom is -0.475 e. The maximum absolute atomic E-state index is 8.84. The maximum Gasteiger partial charge on any atom is 0.221 e. The fraction of sp³-hybridized carbons (Fsp3) is 0.267. The second-order valence-corrected chi connectivity index (χ2v) is 5.16. The largest absolute Gasteiger partial charge is 0.475 e. The molecule has 0 bridgehead atoms. The van der Waals surface area contributed by atoms with Gasteiger partial charge in [0.25, 0.3) is 0 Å². The van der Waals surface area contributed by atoms with Crippen LogP contribution in [0.1, 0.15) is 25.0 Å². The molecule has 5 nitrogen and oxygen atoms in total. The van der Waals surface area contributed by atoms with Crippen molar-refractivity contribution in [3.8, 4) is 11.9 Å². The third kappa shape index (κ3) is 3.61. The molecular formula is C15H15ClN4O. The van der Waals surface area contributed by atoms with Crippen LogP contribution in [0.3, 0.4) is 0 Å². The zero-order valence-electron chi connectivity index (χ0n) is 12.0. The lowest BCUT2D eigenvalue weighted by molar-refractivity contribution is 0.230. The molecule has 2 aromatic rings. The first kappa shape index (κ1) is 15.1. The first-order valence-electron chi connectivity index (χ1n) is 6.46. The molecule has 1 N–H and O–H groups in total. The maximum atomic E-state index is 8.84. The van der Waals surface area contributed by atoms with Crippen molar-refractivity contribution in [3.63, 3.8) is 0 Å². The molecule has 0 spiro atoms. The summed E-state index contributed by atoms with van der Waals surface area (Å²) in [4.78, 5) is 8.32. The first-order valence-corrected chi connectivity index (χ1v) is 6.84. The lowest BCUT2D eigenvalue weighted by Gasteiger charge is -2.14. The molecule has 0 saturated carbocycles. The predicted molar refractivity (Wildman–Crippen MR) is 82.0 cm³/mol. The van der Waals surface area contributed by atoms with E-state index in [0.29, 0.717) is 28.0 Å². The monoisotopic (exact) mass is 302 g/mol. The average Bonchev–Trinajstić information content (AvgIpc) is 2.44. The topological polar surface area (TPSA) is 70.8 Å². The minimum atomic E-state index is 0.0324. The first-order chi connectivity index (χ1) is 10.0. The molecule has 0 aliphatic heterocycles. The van der Waals surface area contributed by atoms with Crippen LogP contribution in [0.4, 0.5) is 11.5 Å². The van der Waals surface area contributed by atoms with E-state index in [9.17, 15) is 0 Å². The average molecular weight is 303 g/mol. The van der Waals surface area contributed by atoms with Crippen LogP contribution in [0, 0.1) is 18.3 Å². The highest BCUT2D eigenvalue weighted by atomic mass is 35.5. The number of anilines is 2. The van der Waals surface area contributed by atoms with Crippen LogP contribution < -0.4 is 10.1 Å². The molecule has 2 rings (SSSR count). The second kappa shape index (κ2) is 6.42. The third-order valence-corrected chi connectivity index (χ3v) is 3.05. The SMILES string of the molecule is Cc1c(Nc2ccc(C#N)cc2Cl)ncnc1OC(C)C. The van der Waals surface area contributed by atoms with E-state index in [0.717, 1.165) is 5.56 Å². The van der Waals surface area contributed by atoms with Crippen molar-refractivity contribution in [2.45, 2.75) is 26.9 Å². The van der Waals surface area contributed by atoms with Crippen LogP contribution in [-0.2, 0) is 0 Å². The highest BCUT2D eigenvalue weighted by Gasteiger charge is 2.11. The molecule has 108 valence electrons. The number of halogens is 1. The summed E-state index contributed by atoms with van der Waals surface area (Å²) in [7, 11) is 0. The van der Waals surface area contributed by atoms with Crippen LogP contribution in [0.15, 0.2) is 24.5 Å². The van der Waals surface area contributed by atoms with Gasteiger partial charge in [-0.15, -0.1) is 0 Å². The van der Waals surface area contributed by atoms with Crippen molar-refractivity contribution in [2.24, 2.45) is 0 Å². The molecule has 0 aliphatic carbocycles. The lowest BCUT2D eigenvalue weighted by Crippen LogP contribution is -2.09. The molecule has 0 saturated heterocycles. The van der Waals surface area contributed by atoms with Gasteiger partial charge >= 0.3 is 0 Å². The number of hydrogen-bond donors (Lipinski definition) is 1. The van der Waals surface area contributed by atoms with Gasteiger partial charge in [0.15, 0.2) is 0 Å². The van der Waals surface area contributed by atoms with Gasteiger partial charge in [-0.3, -0.25) is 0 Å². The number of nitrogens with zero attached hydrogens (tertiary/aromatic N) is 3. The minimum absolute atomic E-state index is 0.0324. The molecular weight excluding hydrogens is 288 g/mol. The fourth-order valence-corrected chi connectivity index (χ4v) is 1.94. The van der Waals surface area contributed by atoms with Crippen molar-refractivity contribution < 1.29 is 4.74 Å². The number of hydrogen-bond acceptors (Lipinski definition) is 5. The van der Waals surface area contributed by atoms with E-state index in [1.54, 1.807) is 18.2 Å². The number of nitriles is 1. The molecule has 0 fully saturated rings. The smallest absolute Gasteiger partial charge is 0.221 e. The van der Waals surface area contributed by atoms with Crippen molar-refractivity contribution >= 4 is 23.1 Å². The quantitative estimate of drug-likeness (QED) is 0.929. The summed E-state index contributed by atoms with van der Waals surface area (Å²) in [5.41, 5.74) is 1.98. The number of ether oxygens (including phenoxy) is 1. The van der Waals surface area contributed by atoms with Gasteiger partial charge in [0.1, 0.15) is 12.1 Å². The van der Waals surface area contributed by atoms with E-state index in [2.05, 4.69) is 15.3 Å². The molecule has 1 aromatic heterocycles. The van der Waals surface area contributed by atoms with Gasteiger partial charge in [-0.2, -0.15) is 5.26 Å². The Labute approximate surface area is 128 Å². The van der Waals surface area contributed by atoms with Crippen LogP contribution in [0.5, 0.6) is 5.88 Å². The second-order valence-electron chi connectivity index (χ2n) is 4.75. The van der Waals surface area contributed by atoms with Crippen LogP contribution in [-0.4, -0.2) is 16.1 Å². The summed E-state index contributed by atoms with van der Waals surface area (Å²) < 4.78 is 5.62. The van der Waals surface area contributed by atoms with Crippen LogP contribution in [0.2, 0.25) is 5.02 Å². The van der Waals surface area contributed by atoms with Crippen molar-refractivity contribution in [1.29, 1.82) is 5.26 Å². The highest BCUT2D eigenvalue weighted by Crippen LogP contribution is 2.29. The van der Waals surface area contributed by atoms with Gasteiger partial charge < -0.3 is 10.1 Å². The Morgan fingerprint density at radius 2 is 2.10 bits per heavy atom. The van der Waals surface area contributed by atoms with E-state index in [4.69, 9.17) is 21.6 Å². The van der Waals surface area contributed by atoms with Gasteiger partial charge in [0.2, 0.25) is 5.88 Å². The molecule has 0 unspecified atom stereocenters. The van der Waals surface area contributed by atoms with Crippen molar-refractivity contribution in [2.75, 3.05) is 5.32 Å². The van der Waals surface area contributed by atoms with E-state index in [-0.39, 0.29) is 6.10 Å². The Morgan fingerprint density at radius 1 is 1.33 bits per heavy atom. The van der Waals surface area contributed by atoms with Gasteiger partial charge in [0.05, 0.1) is 34.0 Å². The molecule has 0 radical (unpaired) electrons. The fourth-order valence-electron chi connectivity index (χ4n) is 1.72. The van der Waals surface area contributed by atoms with Crippen LogP contribution in [0.25, 0.3) is 0 Å². The zero-order chi connectivity index (χ0) is 15.4. The van der Waals surface area contributed by atoms with E-state index >= 15 is 0 Å². The number of nitrogens with one attached hydrogen (secondary N) is 1. The summed E-state index contributed by atoms with van der Waals surface area (Å²) >= 11 is 6.15. The standard InChI is InChI=1S/C15H15ClN4O/c1-9(2)21-15-10(3)14(18-8-19-15)20-13-5-4-11(7-17)6-12(13)16/h4-6,8-9H,1-3H3,(H,18,19,20). The summed E-state index contributed by atoms with van der Waals surface area (Å²) in [6.07, 6.45) is 1.47. The Hall–Kier alpha value is -2.32. The number of rotatable bonds is 4. The van der Waals surface area contributed by atoms with Gasteiger partial charge in [-0.1, -0.05) is 11.6 Å². The van der Waals surface area contributed by atoms with E-state index in [1.807, 2.05) is 26.8 Å². The summed E-state index contributed by atoms with van der Waals surface area (Å²) in [5.74, 6) is 1.15. The Morgan fingerprint density at radius 3 is 2.71 bits per heavy atom. The molecule has 1 heterocycles. The number of benzene rings is 1. The van der Waals surface area contributed by atoms with Crippen molar-refractivity contribution in [3.05, 3.63) is 40.7 Å². The molecule has 0 amide bonds. The molecule has 21 heavy (non-hydrogen) atoms. The Balaban J connectivity index is 2.30. The van der Waals surface area contributed by atoms with Crippen LogP contribution >= 0.6 is 11.6 Å². The van der Waals surface area contributed by atoms with Gasteiger partial charge in [0, 0.05) is 0 Å². The molecule has 1 aromatic carbocycles. The lowest BCUT2D eigenvalue weighted by atomic mass is 10.2. The summed E-state index contributed by atoms with van der Waals surface area (Å²) in [6.45, 7) is 5.75. The summed E-state index contributed by atoms with van der Waals surface area (Å²) in [6, 6.07) is 7.08. The van der Waals surface area contributed by atoms with Gasteiger partial charge in [-0.05, 0) is 39.0 Å². The summed E-state index contributed by atoms with van der Waals surface area (Å²) in [5, 5.41) is 12.4. The van der Waals surface area contributed by atoms with Gasteiger partial charge in [-0.25, -0.2) is 9.97 Å². The van der Waals surface area contributed by atoms with E-state index in [1.165, 1.54) is 6.33 Å². The third-order valence-electron chi connectivity index (χ3n) is 2.74. The van der Waals surface area contributed by atoms with Crippen molar-refractivity contribution in [1.82, 2.24) is 9.97 Å².